The Morgan fingerprint density at radius 1 is 1.09 bits per heavy atom. The van der Waals surface area contributed by atoms with Gasteiger partial charge in [-0.3, -0.25) is 4.79 Å². The van der Waals surface area contributed by atoms with Gasteiger partial charge >= 0.3 is 0 Å². The fourth-order valence-electron chi connectivity index (χ4n) is 3.67. The van der Waals surface area contributed by atoms with Crippen molar-refractivity contribution in [2.45, 2.75) is 56.1 Å². The lowest BCUT2D eigenvalue weighted by Gasteiger charge is -2.09. The van der Waals surface area contributed by atoms with Crippen molar-refractivity contribution < 1.29 is 22.7 Å². The number of rotatable bonds is 12. The van der Waals surface area contributed by atoms with Crippen LogP contribution in [-0.4, -0.2) is 43.0 Å². The van der Waals surface area contributed by atoms with Crippen LogP contribution in [0.2, 0.25) is 0 Å². The molecular weight excluding hydrogens is 488 g/mol. The third kappa shape index (κ3) is 6.09. The van der Waals surface area contributed by atoms with E-state index in [9.17, 15) is 13.2 Å². The predicted molar refractivity (Wildman–Crippen MR) is 137 cm³/mol. The predicted octanol–water partition coefficient (Wildman–Crippen LogP) is 4.37. The second kappa shape index (κ2) is 11.3. The molecule has 0 saturated heterocycles. The number of anilines is 1. The molecule has 2 heterocycles. The van der Waals surface area contributed by atoms with E-state index in [-0.39, 0.29) is 23.3 Å². The number of unbranched alkanes of at least 4 members (excludes halogenated alkanes) is 2. The normalized spacial score (nSPS) is 12.9. The number of sulfonamides is 1. The smallest absolute Gasteiger partial charge is 0.240 e. The molecule has 3 aromatic rings. The molecule has 2 N–H and O–H groups in total. The lowest BCUT2D eigenvalue weighted by atomic mass is 10.3. The number of nitrogens with zero attached hydrogens (tertiary/aromatic N) is 2. The van der Waals surface area contributed by atoms with Crippen LogP contribution in [0.4, 0.5) is 5.69 Å². The van der Waals surface area contributed by atoms with Crippen molar-refractivity contribution in [3.8, 4) is 11.5 Å². The molecule has 11 heteroatoms. The third-order valence-electron chi connectivity index (χ3n) is 5.54. The first-order valence-corrected chi connectivity index (χ1v) is 14.2. The fraction of sp³-hybridized carbons (Fsp3) is 0.417. The van der Waals surface area contributed by atoms with E-state index < -0.39 is 10.0 Å². The average molecular weight is 519 g/mol. The third-order valence-corrected chi connectivity index (χ3v) is 7.98. The summed E-state index contributed by atoms with van der Waals surface area (Å²) in [4.78, 5) is 17.5. The molecule has 2 aromatic carbocycles. The van der Waals surface area contributed by atoms with Gasteiger partial charge in [-0.05, 0) is 43.2 Å². The van der Waals surface area contributed by atoms with Crippen molar-refractivity contribution >= 4 is 44.4 Å². The Morgan fingerprint density at radius 2 is 1.89 bits per heavy atom. The largest absolute Gasteiger partial charge is 0.454 e. The van der Waals surface area contributed by atoms with Gasteiger partial charge in [0.15, 0.2) is 16.7 Å². The van der Waals surface area contributed by atoms with Gasteiger partial charge in [0.2, 0.25) is 22.7 Å². The number of amides is 1. The van der Waals surface area contributed by atoms with Crippen LogP contribution in [0.1, 0.15) is 39.5 Å². The minimum absolute atomic E-state index is 0.160. The Kier molecular flexibility index (Phi) is 8.19. The lowest BCUT2D eigenvalue weighted by molar-refractivity contribution is -0.113. The average Bonchev–Trinajstić information content (AvgIpc) is 3.44. The molecule has 1 aliphatic rings. The number of aromatic nitrogens is 2. The van der Waals surface area contributed by atoms with Crippen LogP contribution >= 0.6 is 11.8 Å². The van der Waals surface area contributed by atoms with Gasteiger partial charge in [0.25, 0.3) is 0 Å². The van der Waals surface area contributed by atoms with E-state index in [0.29, 0.717) is 34.4 Å². The fourth-order valence-corrected chi connectivity index (χ4v) is 5.60. The summed E-state index contributed by atoms with van der Waals surface area (Å²) in [7, 11) is -3.60. The molecule has 1 aromatic heterocycles. The zero-order valence-electron chi connectivity index (χ0n) is 19.9. The minimum Gasteiger partial charge on any atom is -0.454 e. The van der Waals surface area contributed by atoms with E-state index in [1.165, 1.54) is 11.8 Å². The van der Waals surface area contributed by atoms with Gasteiger partial charge in [-0.1, -0.05) is 38.5 Å². The second-order valence-electron chi connectivity index (χ2n) is 8.21. The van der Waals surface area contributed by atoms with Crippen LogP contribution in [0, 0.1) is 0 Å². The van der Waals surface area contributed by atoms with Crippen molar-refractivity contribution in [2.24, 2.45) is 0 Å². The number of carbonyl (C=O) groups is 1. The molecule has 0 spiro atoms. The van der Waals surface area contributed by atoms with Crippen molar-refractivity contribution in [2.75, 3.05) is 24.4 Å². The second-order valence-corrected chi connectivity index (χ2v) is 10.9. The number of thioether (sulfide) groups is 1. The molecule has 35 heavy (non-hydrogen) atoms. The van der Waals surface area contributed by atoms with Gasteiger partial charge < -0.3 is 19.4 Å². The van der Waals surface area contributed by atoms with Gasteiger partial charge in [-0.15, -0.1) is 0 Å². The first-order valence-electron chi connectivity index (χ1n) is 11.7. The van der Waals surface area contributed by atoms with Crippen LogP contribution in [0.25, 0.3) is 11.0 Å². The number of fused-ring (bicyclic) bond motifs is 2. The Labute approximate surface area is 209 Å². The van der Waals surface area contributed by atoms with Gasteiger partial charge in [0.1, 0.15) is 0 Å². The van der Waals surface area contributed by atoms with Crippen molar-refractivity contribution in [3.63, 3.8) is 0 Å². The monoisotopic (exact) mass is 518 g/mol. The number of imidazole rings is 1. The summed E-state index contributed by atoms with van der Waals surface area (Å²) in [6, 6.07) is 10.3. The Balaban J connectivity index is 1.50. The van der Waals surface area contributed by atoms with Crippen molar-refractivity contribution in [1.29, 1.82) is 0 Å². The standard InChI is InChI=1S/C24H30N4O5S2/c1-3-5-11-25-35(30,31)18-8-9-20-19(14-18)27-24(28(20)12-6-4-2)34-15-23(29)26-17-7-10-21-22(13-17)33-16-32-21/h7-10,13-14,25H,3-6,11-12,15-16H2,1-2H3,(H,26,29). The number of aryl methyl sites for hydroxylation is 1. The SMILES string of the molecule is CCCCNS(=O)(=O)c1ccc2c(c1)nc(SCC(=O)Nc1ccc3c(c1)OCO3)n2CCCC. The molecule has 0 radical (unpaired) electrons. The Bertz CT molecular complexity index is 1310. The molecule has 0 fully saturated rings. The van der Waals surface area contributed by atoms with Crippen molar-refractivity contribution in [3.05, 3.63) is 36.4 Å². The Hall–Kier alpha value is -2.76. The van der Waals surface area contributed by atoms with E-state index in [1.807, 2.05) is 6.92 Å². The highest BCUT2D eigenvalue weighted by Gasteiger charge is 2.19. The summed E-state index contributed by atoms with van der Waals surface area (Å²) >= 11 is 1.33. The van der Waals surface area contributed by atoms with Gasteiger partial charge in [-0.25, -0.2) is 18.1 Å². The van der Waals surface area contributed by atoms with E-state index in [4.69, 9.17) is 9.47 Å². The maximum atomic E-state index is 12.7. The van der Waals surface area contributed by atoms with Crippen LogP contribution in [-0.2, 0) is 21.4 Å². The van der Waals surface area contributed by atoms with Crippen LogP contribution in [0.5, 0.6) is 11.5 Å². The molecule has 0 atom stereocenters. The molecule has 1 aliphatic heterocycles. The van der Waals surface area contributed by atoms with E-state index in [0.717, 1.165) is 37.7 Å². The zero-order chi connectivity index (χ0) is 24.8. The number of hydrogen-bond acceptors (Lipinski definition) is 7. The Morgan fingerprint density at radius 3 is 2.69 bits per heavy atom. The molecule has 188 valence electrons. The highest BCUT2D eigenvalue weighted by atomic mass is 32.2. The van der Waals surface area contributed by atoms with Gasteiger partial charge in [0.05, 0.1) is 21.7 Å². The number of ether oxygens (including phenoxy) is 2. The summed E-state index contributed by atoms with van der Waals surface area (Å²) in [6.45, 7) is 5.44. The lowest BCUT2D eigenvalue weighted by Crippen LogP contribution is -2.24. The molecule has 9 nitrogen and oxygen atoms in total. The number of benzene rings is 2. The first-order chi connectivity index (χ1) is 16.9. The van der Waals surface area contributed by atoms with E-state index >= 15 is 0 Å². The van der Waals surface area contributed by atoms with E-state index in [1.54, 1.807) is 36.4 Å². The molecule has 4 rings (SSSR count). The van der Waals surface area contributed by atoms with Gasteiger partial charge in [0, 0.05) is 24.8 Å². The van der Waals surface area contributed by atoms with Crippen LogP contribution in [0.3, 0.4) is 0 Å². The van der Waals surface area contributed by atoms with E-state index in [2.05, 4.69) is 26.5 Å². The summed E-state index contributed by atoms with van der Waals surface area (Å²) in [5, 5.41) is 3.55. The molecule has 1 amide bonds. The molecular formula is C24H30N4O5S2. The number of hydrogen-bond donors (Lipinski definition) is 2. The maximum Gasteiger partial charge on any atom is 0.240 e. The molecule has 0 bridgehead atoms. The van der Waals surface area contributed by atoms with Crippen LogP contribution < -0.4 is 19.5 Å². The maximum absolute atomic E-state index is 12.7. The summed E-state index contributed by atoms with van der Waals surface area (Å²) in [5.74, 6) is 1.25. The molecule has 0 aliphatic carbocycles. The minimum atomic E-state index is -3.60. The summed E-state index contributed by atoms with van der Waals surface area (Å²) < 4.78 is 40.7. The number of nitrogens with one attached hydrogen (secondary N) is 2. The first kappa shape index (κ1) is 25.3. The highest BCUT2D eigenvalue weighted by molar-refractivity contribution is 7.99. The quantitative estimate of drug-likeness (QED) is 0.270. The van der Waals surface area contributed by atoms with Gasteiger partial charge in [-0.2, -0.15) is 0 Å². The highest BCUT2D eigenvalue weighted by Crippen LogP contribution is 2.34. The molecule has 0 saturated carbocycles. The molecule has 0 unspecified atom stereocenters. The summed E-state index contributed by atoms with van der Waals surface area (Å²) in [5.41, 5.74) is 2.08. The zero-order valence-corrected chi connectivity index (χ0v) is 21.5. The summed E-state index contributed by atoms with van der Waals surface area (Å²) in [6.07, 6.45) is 3.64. The topological polar surface area (TPSA) is 112 Å². The van der Waals surface area contributed by atoms with Crippen molar-refractivity contribution in [1.82, 2.24) is 14.3 Å². The number of carbonyl (C=O) groups excluding carboxylic acids is 1. The van der Waals surface area contributed by atoms with Crippen LogP contribution in [0.15, 0.2) is 46.5 Å².